The molecule has 3 heteroatoms. The lowest BCUT2D eigenvalue weighted by molar-refractivity contribution is 0.684. The third-order valence-corrected chi connectivity index (χ3v) is 3.73. The van der Waals surface area contributed by atoms with Crippen molar-refractivity contribution in [2.75, 3.05) is 11.4 Å². The predicted molar refractivity (Wildman–Crippen MR) is 74.8 cm³/mol. The fraction of sp³-hybridized carbons (Fsp3) is 0.667. The maximum Gasteiger partial charge on any atom is 0.128 e. The molecule has 0 radical (unpaired) electrons. The number of anilines is 1. The van der Waals surface area contributed by atoms with E-state index < -0.39 is 0 Å². The van der Waals surface area contributed by atoms with Gasteiger partial charge < -0.3 is 10.2 Å². The van der Waals surface area contributed by atoms with Gasteiger partial charge in [-0.25, -0.2) is 4.98 Å². The highest BCUT2D eigenvalue weighted by molar-refractivity contribution is 5.42. The molecule has 0 aromatic carbocycles. The van der Waals surface area contributed by atoms with Crippen LogP contribution in [0.5, 0.6) is 0 Å². The van der Waals surface area contributed by atoms with Gasteiger partial charge in [-0.3, -0.25) is 0 Å². The molecule has 3 nitrogen and oxygen atoms in total. The van der Waals surface area contributed by atoms with Crippen LogP contribution >= 0.6 is 0 Å². The molecule has 1 aromatic heterocycles. The third-order valence-electron chi connectivity index (χ3n) is 3.73. The van der Waals surface area contributed by atoms with Crippen LogP contribution < -0.4 is 10.2 Å². The van der Waals surface area contributed by atoms with Crippen LogP contribution in [0.3, 0.4) is 0 Å². The van der Waals surface area contributed by atoms with Gasteiger partial charge in [0.2, 0.25) is 0 Å². The van der Waals surface area contributed by atoms with Crippen LogP contribution in [0.25, 0.3) is 0 Å². The second kappa shape index (κ2) is 5.27. The minimum Gasteiger partial charge on any atom is -0.354 e. The van der Waals surface area contributed by atoms with Crippen LogP contribution in [0, 0.1) is 0 Å². The van der Waals surface area contributed by atoms with E-state index in [1.54, 1.807) is 0 Å². The van der Waals surface area contributed by atoms with Crippen LogP contribution in [0.15, 0.2) is 18.3 Å². The molecule has 0 atom stereocenters. The molecule has 0 unspecified atom stereocenters. The Bertz CT molecular complexity index is 379. The first-order valence-electron chi connectivity index (χ1n) is 7.32. The first kappa shape index (κ1) is 12.0. The molecule has 2 fully saturated rings. The average Bonchev–Trinajstić information content (AvgIpc) is 3.28. The Labute approximate surface area is 110 Å². The van der Waals surface area contributed by atoms with Crippen LogP contribution in [-0.2, 0) is 6.54 Å². The number of hydrogen-bond acceptors (Lipinski definition) is 3. The average molecular weight is 245 g/mol. The quantitative estimate of drug-likeness (QED) is 0.800. The van der Waals surface area contributed by atoms with E-state index in [2.05, 4.69) is 34.3 Å². The number of nitrogens with one attached hydrogen (secondary N) is 1. The molecule has 1 N–H and O–H groups in total. The first-order chi connectivity index (χ1) is 8.86. The van der Waals surface area contributed by atoms with Crippen LogP contribution in [0.2, 0.25) is 0 Å². The zero-order chi connectivity index (χ0) is 12.4. The lowest BCUT2D eigenvalue weighted by atomic mass is 10.2. The van der Waals surface area contributed by atoms with Crippen LogP contribution in [0.4, 0.5) is 5.82 Å². The summed E-state index contributed by atoms with van der Waals surface area (Å²) in [7, 11) is 0. The Morgan fingerprint density at radius 1 is 1.28 bits per heavy atom. The molecule has 2 saturated carbocycles. The molecule has 18 heavy (non-hydrogen) atoms. The second-order valence-electron chi connectivity index (χ2n) is 5.60. The fourth-order valence-electron chi connectivity index (χ4n) is 2.35. The Morgan fingerprint density at radius 3 is 2.67 bits per heavy atom. The van der Waals surface area contributed by atoms with Gasteiger partial charge in [0.15, 0.2) is 0 Å². The summed E-state index contributed by atoms with van der Waals surface area (Å²) >= 11 is 0. The van der Waals surface area contributed by atoms with Gasteiger partial charge in [-0.2, -0.15) is 0 Å². The van der Waals surface area contributed by atoms with Gasteiger partial charge in [-0.15, -0.1) is 0 Å². The van der Waals surface area contributed by atoms with E-state index in [1.165, 1.54) is 37.7 Å². The lowest BCUT2D eigenvalue weighted by Gasteiger charge is -2.22. The van der Waals surface area contributed by atoms with E-state index >= 15 is 0 Å². The van der Waals surface area contributed by atoms with Crippen molar-refractivity contribution in [2.24, 2.45) is 0 Å². The summed E-state index contributed by atoms with van der Waals surface area (Å²) in [5.41, 5.74) is 1.30. The van der Waals surface area contributed by atoms with Gasteiger partial charge in [0.25, 0.3) is 0 Å². The molecule has 2 aliphatic rings. The summed E-state index contributed by atoms with van der Waals surface area (Å²) in [6.07, 6.45) is 8.60. The summed E-state index contributed by atoms with van der Waals surface area (Å²) < 4.78 is 0. The van der Waals surface area contributed by atoms with Crippen molar-refractivity contribution >= 4 is 5.82 Å². The maximum atomic E-state index is 4.64. The number of rotatable bonds is 7. The number of pyridine rings is 1. The Morgan fingerprint density at radius 2 is 2.11 bits per heavy atom. The molecule has 0 bridgehead atoms. The van der Waals surface area contributed by atoms with E-state index in [4.69, 9.17) is 0 Å². The van der Waals surface area contributed by atoms with Crippen molar-refractivity contribution in [1.29, 1.82) is 0 Å². The predicted octanol–water partition coefficient (Wildman–Crippen LogP) is 2.71. The summed E-state index contributed by atoms with van der Waals surface area (Å²) in [6.45, 7) is 4.34. The van der Waals surface area contributed by atoms with E-state index in [9.17, 15) is 0 Å². The van der Waals surface area contributed by atoms with Crippen molar-refractivity contribution in [3.63, 3.8) is 0 Å². The lowest BCUT2D eigenvalue weighted by Crippen LogP contribution is -2.27. The van der Waals surface area contributed by atoms with Gasteiger partial charge in [0.1, 0.15) is 5.82 Å². The van der Waals surface area contributed by atoms with E-state index in [1.807, 2.05) is 6.20 Å². The van der Waals surface area contributed by atoms with Gasteiger partial charge in [0, 0.05) is 31.4 Å². The largest absolute Gasteiger partial charge is 0.354 e. The minimum atomic E-state index is 0.757. The molecule has 0 spiro atoms. The molecule has 1 heterocycles. The van der Waals surface area contributed by atoms with Gasteiger partial charge in [-0.1, -0.05) is 13.0 Å². The summed E-state index contributed by atoms with van der Waals surface area (Å²) in [5, 5.41) is 3.53. The van der Waals surface area contributed by atoms with E-state index in [0.29, 0.717) is 0 Å². The fourth-order valence-corrected chi connectivity index (χ4v) is 2.35. The Hall–Kier alpha value is -1.09. The Balaban J connectivity index is 1.60. The molecular formula is C15H23N3. The Kier molecular flexibility index (Phi) is 3.50. The third kappa shape index (κ3) is 3.02. The molecule has 1 aromatic rings. The monoisotopic (exact) mass is 245 g/mol. The van der Waals surface area contributed by atoms with Crippen molar-refractivity contribution in [2.45, 2.75) is 57.7 Å². The zero-order valence-electron chi connectivity index (χ0n) is 11.2. The molecule has 0 amide bonds. The number of hydrogen-bond donors (Lipinski definition) is 1. The van der Waals surface area contributed by atoms with Crippen LogP contribution in [0.1, 0.15) is 44.6 Å². The van der Waals surface area contributed by atoms with Crippen molar-refractivity contribution in [1.82, 2.24) is 10.3 Å². The highest BCUT2D eigenvalue weighted by Gasteiger charge is 2.29. The molecule has 2 aliphatic carbocycles. The molecular weight excluding hydrogens is 222 g/mol. The topological polar surface area (TPSA) is 28.2 Å². The van der Waals surface area contributed by atoms with Crippen molar-refractivity contribution in [3.8, 4) is 0 Å². The molecule has 0 saturated heterocycles. The van der Waals surface area contributed by atoms with Gasteiger partial charge in [0.05, 0.1) is 0 Å². The van der Waals surface area contributed by atoms with Gasteiger partial charge in [-0.05, 0) is 43.7 Å². The van der Waals surface area contributed by atoms with Crippen molar-refractivity contribution in [3.05, 3.63) is 23.9 Å². The maximum absolute atomic E-state index is 4.64. The summed E-state index contributed by atoms with van der Waals surface area (Å²) in [4.78, 5) is 7.11. The van der Waals surface area contributed by atoms with E-state index in [-0.39, 0.29) is 0 Å². The minimum absolute atomic E-state index is 0.757. The smallest absolute Gasteiger partial charge is 0.128 e. The molecule has 3 rings (SSSR count). The molecule has 0 aliphatic heterocycles. The van der Waals surface area contributed by atoms with E-state index in [0.717, 1.165) is 31.0 Å². The first-order valence-corrected chi connectivity index (χ1v) is 7.32. The van der Waals surface area contributed by atoms with Crippen LogP contribution in [-0.4, -0.2) is 23.6 Å². The number of aromatic nitrogens is 1. The second-order valence-corrected chi connectivity index (χ2v) is 5.60. The standard InChI is InChI=1S/C15H23N3/c1-2-9-18(14-6-7-14)15-8-3-12(11-17-15)10-16-13-4-5-13/h3,8,11,13-14,16H,2,4-7,9-10H2,1H3. The summed E-state index contributed by atoms with van der Waals surface area (Å²) in [5.74, 6) is 1.16. The van der Waals surface area contributed by atoms with Crippen molar-refractivity contribution < 1.29 is 0 Å². The van der Waals surface area contributed by atoms with Gasteiger partial charge >= 0.3 is 0 Å². The highest BCUT2D eigenvalue weighted by atomic mass is 15.2. The SMILES string of the molecule is CCCN(c1ccc(CNC2CC2)cn1)C1CC1. The summed E-state index contributed by atoms with van der Waals surface area (Å²) in [6, 6.07) is 5.95. The zero-order valence-corrected chi connectivity index (χ0v) is 11.2. The molecule has 98 valence electrons. The normalized spacial score (nSPS) is 18.9. The number of nitrogens with zero attached hydrogens (tertiary/aromatic N) is 2. The highest BCUT2D eigenvalue weighted by Crippen LogP contribution is 2.30.